The molecule has 1 aromatic heterocycles. The van der Waals surface area contributed by atoms with Crippen LogP contribution < -0.4 is 5.32 Å². The number of halogens is 2. The molecule has 0 unspecified atom stereocenters. The zero-order valence-corrected chi connectivity index (χ0v) is 11.9. The number of hydrogen-bond acceptors (Lipinski definition) is 2. The van der Waals surface area contributed by atoms with Gasteiger partial charge in [0.1, 0.15) is 5.82 Å². The summed E-state index contributed by atoms with van der Waals surface area (Å²) in [5.41, 5.74) is 1.55. The minimum Gasteiger partial charge on any atom is -0.307 e. The van der Waals surface area contributed by atoms with Gasteiger partial charge >= 0.3 is 0 Å². The van der Waals surface area contributed by atoms with E-state index in [0.29, 0.717) is 16.4 Å². The Balaban J connectivity index is 2.16. The predicted molar refractivity (Wildman–Crippen MR) is 76.1 cm³/mol. The maximum atomic E-state index is 11.9. The molecule has 1 aromatic carbocycles. The number of pyridine rings is 1. The smallest absolute Gasteiger partial charge is 0.256 e. The quantitative estimate of drug-likeness (QED) is 0.905. The van der Waals surface area contributed by atoms with Crippen molar-refractivity contribution < 1.29 is 4.79 Å². The van der Waals surface area contributed by atoms with Crippen molar-refractivity contribution in [3.63, 3.8) is 0 Å². The van der Waals surface area contributed by atoms with Gasteiger partial charge in [-0.1, -0.05) is 11.6 Å². The molecule has 5 heteroatoms. The summed E-state index contributed by atoms with van der Waals surface area (Å²) in [6.45, 7) is 1.93. The van der Waals surface area contributed by atoms with Crippen molar-refractivity contribution >= 4 is 39.3 Å². The van der Waals surface area contributed by atoms with Crippen molar-refractivity contribution in [2.75, 3.05) is 5.32 Å². The summed E-state index contributed by atoms with van der Waals surface area (Å²) in [5, 5.41) is 3.33. The van der Waals surface area contributed by atoms with Gasteiger partial charge in [0.05, 0.1) is 0 Å². The van der Waals surface area contributed by atoms with Gasteiger partial charge in [-0.15, -0.1) is 0 Å². The van der Waals surface area contributed by atoms with Crippen molar-refractivity contribution in [1.29, 1.82) is 0 Å². The SMILES string of the molecule is Cc1cc(NC(=O)c2ccc(Cl)cc2)ncc1Br. The molecule has 0 bridgehead atoms. The molecule has 0 fully saturated rings. The van der Waals surface area contributed by atoms with E-state index < -0.39 is 0 Å². The third kappa shape index (κ3) is 3.09. The highest BCUT2D eigenvalue weighted by molar-refractivity contribution is 9.10. The molecule has 0 spiro atoms. The minimum absolute atomic E-state index is 0.208. The summed E-state index contributed by atoms with van der Waals surface area (Å²) in [4.78, 5) is 16.0. The van der Waals surface area contributed by atoms with Crippen molar-refractivity contribution in [3.8, 4) is 0 Å². The van der Waals surface area contributed by atoms with Crippen LogP contribution in [0.1, 0.15) is 15.9 Å². The number of hydrogen-bond donors (Lipinski definition) is 1. The zero-order chi connectivity index (χ0) is 13.1. The van der Waals surface area contributed by atoms with Gasteiger partial charge < -0.3 is 5.32 Å². The first kappa shape index (κ1) is 13.1. The van der Waals surface area contributed by atoms with E-state index in [4.69, 9.17) is 11.6 Å². The van der Waals surface area contributed by atoms with Crippen molar-refractivity contribution in [2.45, 2.75) is 6.92 Å². The average molecular weight is 326 g/mol. The van der Waals surface area contributed by atoms with Gasteiger partial charge in [0, 0.05) is 21.3 Å². The van der Waals surface area contributed by atoms with Crippen LogP contribution in [0.3, 0.4) is 0 Å². The molecule has 0 aliphatic heterocycles. The summed E-state index contributed by atoms with van der Waals surface area (Å²) in [6.07, 6.45) is 1.66. The maximum absolute atomic E-state index is 11.9. The van der Waals surface area contributed by atoms with E-state index in [2.05, 4.69) is 26.2 Å². The van der Waals surface area contributed by atoms with E-state index in [9.17, 15) is 4.79 Å². The largest absolute Gasteiger partial charge is 0.307 e. The van der Waals surface area contributed by atoms with Crippen molar-refractivity contribution in [2.24, 2.45) is 0 Å². The summed E-state index contributed by atoms with van der Waals surface area (Å²) in [5.74, 6) is 0.316. The molecule has 0 saturated heterocycles. The van der Waals surface area contributed by atoms with Crippen LogP contribution in [0.4, 0.5) is 5.82 Å². The van der Waals surface area contributed by atoms with Crippen LogP contribution in [0, 0.1) is 6.92 Å². The van der Waals surface area contributed by atoms with Crippen LogP contribution in [0.15, 0.2) is 41.0 Å². The molecule has 0 saturated carbocycles. The van der Waals surface area contributed by atoms with Crippen LogP contribution in [0.25, 0.3) is 0 Å². The summed E-state index contributed by atoms with van der Waals surface area (Å²) >= 11 is 9.12. The number of rotatable bonds is 2. The molecule has 2 rings (SSSR count). The topological polar surface area (TPSA) is 42.0 Å². The van der Waals surface area contributed by atoms with Crippen LogP contribution in [-0.2, 0) is 0 Å². The molecule has 0 aliphatic carbocycles. The van der Waals surface area contributed by atoms with E-state index in [1.807, 2.05) is 6.92 Å². The molecule has 1 N–H and O–H groups in total. The summed E-state index contributed by atoms with van der Waals surface area (Å²) in [7, 11) is 0. The highest BCUT2D eigenvalue weighted by Gasteiger charge is 2.07. The van der Waals surface area contributed by atoms with Crippen LogP contribution in [-0.4, -0.2) is 10.9 Å². The van der Waals surface area contributed by atoms with Gasteiger partial charge in [0.15, 0.2) is 0 Å². The predicted octanol–water partition coefficient (Wildman–Crippen LogP) is 4.06. The fourth-order valence-electron chi connectivity index (χ4n) is 1.40. The van der Waals surface area contributed by atoms with Gasteiger partial charge in [-0.2, -0.15) is 0 Å². The molecular weight excluding hydrogens is 316 g/mol. The Bertz CT molecular complexity index is 584. The molecule has 0 radical (unpaired) electrons. The first-order valence-electron chi connectivity index (χ1n) is 5.25. The average Bonchev–Trinajstić information content (AvgIpc) is 2.34. The molecule has 1 heterocycles. The van der Waals surface area contributed by atoms with E-state index >= 15 is 0 Å². The summed E-state index contributed by atoms with van der Waals surface area (Å²) < 4.78 is 0.909. The number of aromatic nitrogens is 1. The Hall–Kier alpha value is -1.39. The second-order valence-corrected chi connectivity index (χ2v) is 5.07. The third-order valence-electron chi connectivity index (χ3n) is 2.39. The number of aryl methyl sites for hydroxylation is 1. The Morgan fingerprint density at radius 3 is 2.61 bits per heavy atom. The van der Waals surface area contributed by atoms with Gasteiger partial charge in [-0.3, -0.25) is 4.79 Å². The lowest BCUT2D eigenvalue weighted by Gasteiger charge is -2.06. The number of benzene rings is 1. The fraction of sp³-hybridized carbons (Fsp3) is 0.0769. The zero-order valence-electron chi connectivity index (χ0n) is 9.58. The highest BCUT2D eigenvalue weighted by Crippen LogP contribution is 2.18. The van der Waals surface area contributed by atoms with E-state index in [-0.39, 0.29) is 5.91 Å². The molecule has 2 aromatic rings. The molecule has 1 amide bonds. The second kappa shape index (κ2) is 5.50. The maximum Gasteiger partial charge on any atom is 0.256 e. The number of carbonyl (C=O) groups is 1. The van der Waals surface area contributed by atoms with Crippen LogP contribution in [0.5, 0.6) is 0 Å². The molecule has 92 valence electrons. The Labute approximate surface area is 118 Å². The normalized spacial score (nSPS) is 10.2. The van der Waals surface area contributed by atoms with E-state index in [1.165, 1.54) is 0 Å². The first-order valence-corrected chi connectivity index (χ1v) is 6.42. The number of carbonyl (C=O) groups excluding carboxylic acids is 1. The third-order valence-corrected chi connectivity index (χ3v) is 3.48. The lowest BCUT2D eigenvalue weighted by Crippen LogP contribution is -2.12. The standard InChI is InChI=1S/C13H10BrClN2O/c1-8-6-12(16-7-11(8)14)17-13(18)9-2-4-10(15)5-3-9/h2-7H,1H3,(H,16,17,18). The lowest BCUT2D eigenvalue weighted by atomic mass is 10.2. The van der Waals surface area contributed by atoms with Gasteiger partial charge in [0.25, 0.3) is 5.91 Å². The van der Waals surface area contributed by atoms with Crippen molar-refractivity contribution in [3.05, 3.63) is 57.2 Å². The molecule has 0 atom stereocenters. The molecule has 3 nitrogen and oxygen atoms in total. The highest BCUT2D eigenvalue weighted by atomic mass is 79.9. The van der Waals surface area contributed by atoms with Gasteiger partial charge in [-0.05, 0) is 58.7 Å². The van der Waals surface area contributed by atoms with Gasteiger partial charge in [0.2, 0.25) is 0 Å². The van der Waals surface area contributed by atoms with Crippen molar-refractivity contribution in [1.82, 2.24) is 4.98 Å². The monoisotopic (exact) mass is 324 g/mol. The van der Waals surface area contributed by atoms with Gasteiger partial charge in [-0.25, -0.2) is 4.98 Å². The van der Waals surface area contributed by atoms with Crippen LogP contribution >= 0.6 is 27.5 Å². The summed E-state index contributed by atoms with van der Waals surface area (Å²) in [6, 6.07) is 8.50. The Kier molecular flexibility index (Phi) is 3.99. The Morgan fingerprint density at radius 2 is 2.00 bits per heavy atom. The molecule has 18 heavy (non-hydrogen) atoms. The van der Waals surface area contributed by atoms with Crippen LogP contribution in [0.2, 0.25) is 5.02 Å². The number of nitrogens with one attached hydrogen (secondary N) is 1. The second-order valence-electron chi connectivity index (χ2n) is 3.78. The number of anilines is 1. The lowest BCUT2D eigenvalue weighted by molar-refractivity contribution is 0.102. The number of amides is 1. The van der Waals surface area contributed by atoms with E-state index in [1.54, 1.807) is 36.5 Å². The molecule has 0 aliphatic rings. The number of nitrogens with zero attached hydrogens (tertiary/aromatic N) is 1. The first-order chi connectivity index (χ1) is 8.56. The Morgan fingerprint density at radius 1 is 1.33 bits per heavy atom. The van der Waals surface area contributed by atoms with E-state index in [0.717, 1.165) is 10.0 Å². The molecular formula is C13H10BrClN2O. The minimum atomic E-state index is -0.208. The fourth-order valence-corrected chi connectivity index (χ4v) is 1.74.